The predicted octanol–water partition coefficient (Wildman–Crippen LogP) is 5.88. The average molecular weight is 572 g/mol. The molecule has 2 fully saturated rings. The van der Waals surface area contributed by atoms with Crippen LogP contribution in [-0.4, -0.2) is 42.8 Å². The predicted molar refractivity (Wildman–Crippen MR) is 157 cm³/mol. The van der Waals surface area contributed by atoms with Gasteiger partial charge in [0.2, 0.25) is 0 Å². The van der Waals surface area contributed by atoms with Gasteiger partial charge in [0.1, 0.15) is 17.3 Å². The Morgan fingerprint density at radius 1 is 0.814 bits per heavy atom. The van der Waals surface area contributed by atoms with Crippen LogP contribution in [0.1, 0.15) is 65.6 Å². The van der Waals surface area contributed by atoms with Crippen LogP contribution in [0.25, 0.3) is 22.7 Å². The topological polar surface area (TPSA) is 119 Å². The lowest BCUT2D eigenvalue weighted by Gasteiger charge is -2.12. The minimum Gasteiger partial charge on any atom is -0.402 e. The molecule has 43 heavy (non-hydrogen) atoms. The van der Waals surface area contributed by atoms with Gasteiger partial charge in [-0.2, -0.15) is 0 Å². The van der Waals surface area contributed by atoms with Crippen LogP contribution < -0.4 is 5.32 Å². The van der Waals surface area contributed by atoms with Gasteiger partial charge in [0.25, 0.3) is 5.89 Å². The van der Waals surface area contributed by atoms with Crippen LogP contribution in [0.15, 0.2) is 82.6 Å². The van der Waals surface area contributed by atoms with Crippen LogP contribution in [0, 0.1) is 5.82 Å². The fourth-order valence-electron chi connectivity index (χ4n) is 5.48. The number of aliphatic imine (C=N–C) groups is 1. The molecule has 0 bridgehead atoms. The summed E-state index contributed by atoms with van der Waals surface area (Å²) in [4.78, 5) is 32.0. The van der Waals surface area contributed by atoms with Gasteiger partial charge in [0.15, 0.2) is 11.9 Å². The van der Waals surface area contributed by atoms with Crippen LogP contribution >= 0.6 is 0 Å². The number of rotatable bonds is 7. The number of fused-ring (bicyclic) bond motifs is 1. The Morgan fingerprint density at radius 2 is 1.60 bits per heavy atom. The molecule has 1 N–H and O–H groups in total. The summed E-state index contributed by atoms with van der Waals surface area (Å²) in [5, 5.41) is 11.4. The molecule has 9 nitrogen and oxygen atoms in total. The highest BCUT2D eigenvalue weighted by atomic mass is 19.1. The van der Waals surface area contributed by atoms with Gasteiger partial charge in [-0.05, 0) is 49.3 Å². The molecule has 2 aliphatic carbocycles. The van der Waals surface area contributed by atoms with Gasteiger partial charge < -0.3 is 9.73 Å². The smallest absolute Gasteiger partial charge is 0.317 e. The number of anilines is 1. The Labute approximate surface area is 246 Å². The Kier molecular flexibility index (Phi) is 6.13. The van der Waals surface area contributed by atoms with Crippen molar-refractivity contribution in [1.29, 1.82) is 0 Å². The molecule has 5 aromatic rings. The zero-order chi connectivity index (χ0) is 28.9. The van der Waals surface area contributed by atoms with E-state index in [2.05, 4.69) is 31.5 Å². The molecule has 8 rings (SSSR count). The molecule has 0 radical (unpaired) electrons. The van der Waals surface area contributed by atoms with Crippen molar-refractivity contribution in [3.8, 4) is 22.7 Å². The summed E-state index contributed by atoms with van der Waals surface area (Å²) in [6.45, 7) is 0. The SMILES string of the molecule is O=C1Cc2c(F)cccc2C(c2ccccc2)=N[C@@H]1Nc1nnc(-c2ncc(C3CC3)cc2-c2cnc(C3CC3)nc2)o1. The van der Waals surface area contributed by atoms with E-state index in [1.807, 2.05) is 48.9 Å². The number of hydrogen-bond donors (Lipinski definition) is 1. The largest absolute Gasteiger partial charge is 0.402 e. The van der Waals surface area contributed by atoms with E-state index in [-0.39, 0.29) is 24.1 Å². The van der Waals surface area contributed by atoms with E-state index in [0.29, 0.717) is 34.4 Å². The highest BCUT2D eigenvalue weighted by Gasteiger charge is 2.31. The fourth-order valence-corrected chi connectivity index (χ4v) is 5.48. The maximum absolute atomic E-state index is 14.9. The fraction of sp³-hybridized carbons (Fsp3) is 0.242. The molecule has 2 saturated carbocycles. The zero-order valence-electron chi connectivity index (χ0n) is 23.1. The number of pyridine rings is 1. The standard InChI is InChI=1S/C33H26FN7O2/c34-26-8-4-7-23-25(26)14-27(42)31(38-28(23)19-5-2-1-3-6-19)39-33-41-40-32(43-33)29-24(13-21(15-35-29)18-9-10-18)22-16-36-30(37-17-22)20-11-12-20/h1-8,13,15-18,20,31H,9-12,14H2,(H,39,41)/t31-/m1/s1. The number of benzene rings is 2. The summed E-state index contributed by atoms with van der Waals surface area (Å²) >= 11 is 0. The van der Waals surface area contributed by atoms with Crippen LogP contribution in [0.4, 0.5) is 10.4 Å². The Bertz CT molecular complexity index is 1880. The van der Waals surface area contributed by atoms with Crippen molar-refractivity contribution in [1.82, 2.24) is 25.1 Å². The van der Waals surface area contributed by atoms with Crippen LogP contribution in [0.3, 0.4) is 0 Å². The number of ketones is 1. The first-order valence-electron chi connectivity index (χ1n) is 14.5. The monoisotopic (exact) mass is 571 g/mol. The van der Waals surface area contributed by atoms with Crippen molar-refractivity contribution in [3.63, 3.8) is 0 Å². The lowest BCUT2D eigenvalue weighted by atomic mass is 9.95. The third-order valence-corrected chi connectivity index (χ3v) is 8.11. The minimum absolute atomic E-state index is 0.00953. The highest BCUT2D eigenvalue weighted by Crippen LogP contribution is 2.43. The summed E-state index contributed by atoms with van der Waals surface area (Å²) in [6.07, 6.45) is 8.84. The van der Waals surface area contributed by atoms with Crippen molar-refractivity contribution in [2.24, 2.45) is 4.99 Å². The van der Waals surface area contributed by atoms with E-state index in [0.717, 1.165) is 53.8 Å². The third kappa shape index (κ3) is 4.98. The summed E-state index contributed by atoms with van der Waals surface area (Å²) in [5.41, 5.74) is 5.44. The molecule has 1 aliphatic heterocycles. The second kappa shape index (κ2) is 10.3. The summed E-state index contributed by atoms with van der Waals surface area (Å²) < 4.78 is 20.9. The van der Waals surface area contributed by atoms with Gasteiger partial charge in [-0.15, -0.1) is 5.10 Å². The lowest BCUT2D eigenvalue weighted by Crippen LogP contribution is -2.29. The van der Waals surface area contributed by atoms with Gasteiger partial charge in [-0.3, -0.25) is 14.8 Å². The van der Waals surface area contributed by atoms with Gasteiger partial charge in [-0.1, -0.05) is 47.6 Å². The second-order valence-corrected chi connectivity index (χ2v) is 11.3. The number of carbonyl (C=O) groups is 1. The Hall–Kier alpha value is -5.12. The molecule has 2 aromatic carbocycles. The number of nitrogens with one attached hydrogen (secondary N) is 1. The number of nitrogens with zero attached hydrogens (tertiary/aromatic N) is 6. The van der Waals surface area contributed by atoms with E-state index in [9.17, 15) is 9.18 Å². The molecule has 0 saturated heterocycles. The Morgan fingerprint density at radius 3 is 2.37 bits per heavy atom. The zero-order valence-corrected chi connectivity index (χ0v) is 23.1. The second-order valence-electron chi connectivity index (χ2n) is 11.3. The van der Waals surface area contributed by atoms with Gasteiger partial charge >= 0.3 is 6.01 Å². The molecule has 0 spiro atoms. The van der Waals surface area contributed by atoms with E-state index in [4.69, 9.17) is 14.4 Å². The number of halogens is 1. The quantitative estimate of drug-likeness (QED) is 0.257. The van der Waals surface area contributed by atoms with Crippen molar-refractivity contribution in [2.45, 2.75) is 50.1 Å². The van der Waals surface area contributed by atoms with E-state index in [1.165, 1.54) is 6.07 Å². The van der Waals surface area contributed by atoms with Crippen LogP contribution in [0.2, 0.25) is 0 Å². The first-order valence-corrected chi connectivity index (χ1v) is 14.5. The molecule has 4 heterocycles. The van der Waals surface area contributed by atoms with Crippen LogP contribution in [0.5, 0.6) is 0 Å². The van der Waals surface area contributed by atoms with Crippen molar-refractivity contribution in [2.75, 3.05) is 5.32 Å². The molecule has 10 heteroatoms. The number of carbonyl (C=O) groups excluding carboxylic acids is 1. The molecule has 3 aromatic heterocycles. The molecular formula is C33H26FN7O2. The molecule has 0 amide bonds. The average Bonchev–Trinajstić information content (AvgIpc) is 3.98. The number of aromatic nitrogens is 5. The first-order chi connectivity index (χ1) is 21.1. The van der Waals surface area contributed by atoms with Crippen LogP contribution in [-0.2, 0) is 11.2 Å². The highest BCUT2D eigenvalue weighted by molar-refractivity contribution is 6.16. The summed E-state index contributed by atoms with van der Waals surface area (Å²) in [7, 11) is 0. The van der Waals surface area contributed by atoms with E-state index in [1.54, 1.807) is 12.1 Å². The van der Waals surface area contributed by atoms with Gasteiger partial charge in [0.05, 0.1) is 5.71 Å². The van der Waals surface area contributed by atoms with Crippen molar-refractivity contribution >= 4 is 17.5 Å². The van der Waals surface area contributed by atoms with E-state index < -0.39 is 12.0 Å². The van der Waals surface area contributed by atoms with E-state index >= 15 is 0 Å². The van der Waals surface area contributed by atoms with Gasteiger partial charge in [-0.25, -0.2) is 14.4 Å². The molecule has 0 unspecified atom stereocenters. The number of Topliss-reactive ketones (excluding diaryl/α,β-unsaturated/α-hetero) is 1. The summed E-state index contributed by atoms with van der Waals surface area (Å²) in [6, 6.07) is 16.3. The molecule has 212 valence electrons. The van der Waals surface area contributed by atoms with Crippen molar-refractivity contribution < 1.29 is 13.6 Å². The lowest BCUT2D eigenvalue weighted by molar-refractivity contribution is -0.119. The maximum Gasteiger partial charge on any atom is 0.317 e. The molecular weight excluding hydrogens is 545 g/mol. The minimum atomic E-state index is -1.07. The maximum atomic E-state index is 14.9. The normalized spacial score (nSPS) is 18.1. The van der Waals surface area contributed by atoms with Gasteiger partial charge in [0, 0.05) is 58.7 Å². The van der Waals surface area contributed by atoms with Crippen molar-refractivity contribution in [3.05, 3.63) is 107 Å². The molecule has 1 atom stereocenters. The summed E-state index contributed by atoms with van der Waals surface area (Å²) in [5.74, 6) is 1.24. The first kappa shape index (κ1) is 25.6. The third-order valence-electron chi connectivity index (χ3n) is 8.11. The molecule has 3 aliphatic rings. The number of hydrogen-bond acceptors (Lipinski definition) is 9. The Balaban J connectivity index is 1.13.